The van der Waals surface area contributed by atoms with Crippen molar-refractivity contribution in [3.63, 3.8) is 0 Å². The van der Waals surface area contributed by atoms with E-state index in [1.165, 1.54) is 18.3 Å². The second-order valence-electron chi connectivity index (χ2n) is 4.73. The third-order valence-corrected chi connectivity index (χ3v) is 3.03. The van der Waals surface area contributed by atoms with Crippen LogP contribution in [0.15, 0.2) is 53.6 Å². The van der Waals surface area contributed by atoms with Crippen molar-refractivity contribution in [2.75, 3.05) is 19.0 Å². The second-order valence-corrected chi connectivity index (χ2v) is 4.73. The van der Waals surface area contributed by atoms with Crippen LogP contribution >= 0.6 is 0 Å². The summed E-state index contributed by atoms with van der Waals surface area (Å²) in [7, 11) is 1.58. The summed E-state index contributed by atoms with van der Waals surface area (Å²) in [6.45, 7) is 0.0403. The van der Waals surface area contributed by atoms with Gasteiger partial charge in [-0.1, -0.05) is 12.1 Å². The minimum absolute atomic E-state index is 0.0357. The predicted molar refractivity (Wildman–Crippen MR) is 90.3 cm³/mol. The van der Waals surface area contributed by atoms with E-state index in [-0.39, 0.29) is 18.1 Å². The maximum Gasteiger partial charge on any atom is 0.270 e. The molecular weight excluding hydrogens is 312 g/mol. The summed E-state index contributed by atoms with van der Waals surface area (Å²) in [5, 5.41) is 17.4. The number of benzene rings is 2. The van der Waals surface area contributed by atoms with Crippen molar-refractivity contribution in [1.29, 1.82) is 0 Å². The number of nitrogens with zero attached hydrogens (tertiary/aromatic N) is 2. The molecule has 0 atom stereocenters. The van der Waals surface area contributed by atoms with Crippen LogP contribution in [-0.4, -0.2) is 30.7 Å². The Morgan fingerprint density at radius 1 is 1.29 bits per heavy atom. The topological polar surface area (TPSA) is 106 Å². The molecule has 1 amide bonds. The Morgan fingerprint density at radius 3 is 2.71 bits per heavy atom. The van der Waals surface area contributed by atoms with E-state index in [0.29, 0.717) is 5.56 Å². The van der Waals surface area contributed by atoms with Gasteiger partial charge in [-0.2, -0.15) is 5.10 Å². The van der Waals surface area contributed by atoms with Crippen molar-refractivity contribution in [2.45, 2.75) is 0 Å². The summed E-state index contributed by atoms with van der Waals surface area (Å²) < 4.78 is 5.04. The van der Waals surface area contributed by atoms with Crippen LogP contribution in [0, 0.1) is 10.1 Å². The zero-order chi connectivity index (χ0) is 17.4. The van der Waals surface area contributed by atoms with E-state index < -0.39 is 4.92 Å². The first-order valence-corrected chi connectivity index (χ1v) is 7.03. The standard InChI is InChI=1S/C16H16N4O4/c1-24-15-7-5-13(6-8-15)17-11-16(21)19-18-10-12-3-2-4-14(9-12)20(22)23/h2-10,17H,11H2,1H3,(H,19,21)/b18-10+. The molecule has 2 N–H and O–H groups in total. The number of rotatable bonds is 7. The molecule has 124 valence electrons. The van der Waals surface area contributed by atoms with Crippen molar-refractivity contribution in [1.82, 2.24) is 5.43 Å². The fourth-order valence-electron chi connectivity index (χ4n) is 1.83. The Morgan fingerprint density at radius 2 is 2.04 bits per heavy atom. The molecule has 8 heteroatoms. The van der Waals surface area contributed by atoms with Gasteiger partial charge in [-0.15, -0.1) is 0 Å². The molecule has 0 aliphatic heterocycles. The average Bonchev–Trinajstić information content (AvgIpc) is 2.60. The molecule has 0 saturated heterocycles. The Labute approximate surface area is 138 Å². The lowest BCUT2D eigenvalue weighted by molar-refractivity contribution is -0.384. The summed E-state index contributed by atoms with van der Waals surface area (Å²) in [6.07, 6.45) is 1.35. The number of carbonyl (C=O) groups is 1. The molecule has 2 aromatic carbocycles. The summed E-state index contributed by atoms with van der Waals surface area (Å²) in [5.74, 6) is 0.388. The quantitative estimate of drug-likeness (QED) is 0.460. The molecule has 0 unspecified atom stereocenters. The number of amides is 1. The number of hydrazone groups is 1. The first-order valence-electron chi connectivity index (χ1n) is 7.03. The van der Waals surface area contributed by atoms with Crippen molar-refractivity contribution < 1.29 is 14.5 Å². The van der Waals surface area contributed by atoms with Crippen LogP contribution in [0.3, 0.4) is 0 Å². The first kappa shape index (κ1) is 16.9. The number of nitro groups is 1. The van der Waals surface area contributed by atoms with Crippen LogP contribution in [0.25, 0.3) is 0 Å². The molecule has 0 fully saturated rings. The van der Waals surface area contributed by atoms with Crippen molar-refractivity contribution in [3.8, 4) is 5.75 Å². The van der Waals surface area contributed by atoms with Crippen LogP contribution in [0.2, 0.25) is 0 Å². The monoisotopic (exact) mass is 328 g/mol. The van der Waals surface area contributed by atoms with Gasteiger partial charge in [0, 0.05) is 23.4 Å². The average molecular weight is 328 g/mol. The van der Waals surface area contributed by atoms with E-state index in [4.69, 9.17) is 4.74 Å². The van der Waals surface area contributed by atoms with E-state index in [1.807, 2.05) is 0 Å². The third-order valence-electron chi connectivity index (χ3n) is 3.03. The molecule has 2 aromatic rings. The highest BCUT2D eigenvalue weighted by molar-refractivity contribution is 5.84. The highest BCUT2D eigenvalue weighted by Gasteiger charge is 2.04. The van der Waals surface area contributed by atoms with Crippen LogP contribution < -0.4 is 15.5 Å². The minimum Gasteiger partial charge on any atom is -0.497 e. The van der Waals surface area contributed by atoms with Crippen molar-refractivity contribution >= 4 is 23.5 Å². The number of carbonyl (C=O) groups excluding carboxylic acids is 1. The van der Waals surface area contributed by atoms with Gasteiger partial charge in [0.15, 0.2) is 0 Å². The predicted octanol–water partition coefficient (Wildman–Crippen LogP) is 2.17. The zero-order valence-electron chi connectivity index (χ0n) is 12.9. The lowest BCUT2D eigenvalue weighted by Crippen LogP contribution is -2.25. The highest BCUT2D eigenvalue weighted by atomic mass is 16.6. The number of nitrogens with one attached hydrogen (secondary N) is 2. The van der Waals surface area contributed by atoms with Gasteiger partial charge in [0.05, 0.1) is 24.8 Å². The number of hydrogen-bond acceptors (Lipinski definition) is 6. The van der Waals surface area contributed by atoms with Gasteiger partial charge < -0.3 is 10.1 Å². The summed E-state index contributed by atoms with van der Waals surface area (Å²) in [6, 6.07) is 13.1. The van der Waals surface area contributed by atoms with Gasteiger partial charge in [-0.3, -0.25) is 14.9 Å². The smallest absolute Gasteiger partial charge is 0.270 e. The molecule has 8 nitrogen and oxygen atoms in total. The molecule has 24 heavy (non-hydrogen) atoms. The van der Waals surface area contributed by atoms with Crippen LogP contribution in [0.4, 0.5) is 11.4 Å². The van der Waals surface area contributed by atoms with Crippen molar-refractivity contribution in [3.05, 3.63) is 64.2 Å². The first-order chi connectivity index (χ1) is 11.6. The summed E-state index contributed by atoms with van der Waals surface area (Å²) in [5.41, 5.74) is 3.60. The molecule has 0 aliphatic carbocycles. The number of anilines is 1. The minimum atomic E-state index is -0.491. The molecule has 0 aromatic heterocycles. The van der Waals surface area contributed by atoms with E-state index >= 15 is 0 Å². The molecule has 0 heterocycles. The third kappa shape index (κ3) is 5.09. The van der Waals surface area contributed by atoms with E-state index in [9.17, 15) is 14.9 Å². The highest BCUT2D eigenvalue weighted by Crippen LogP contribution is 2.14. The Bertz CT molecular complexity index is 744. The van der Waals surface area contributed by atoms with Gasteiger partial charge in [0.1, 0.15) is 5.75 Å². The second kappa shape index (κ2) is 8.28. The number of hydrogen-bond donors (Lipinski definition) is 2. The lowest BCUT2D eigenvalue weighted by atomic mass is 10.2. The number of methoxy groups -OCH3 is 1. The largest absolute Gasteiger partial charge is 0.497 e. The molecule has 0 aliphatic rings. The summed E-state index contributed by atoms with van der Waals surface area (Å²) >= 11 is 0. The molecule has 0 bridgehead atoms. The zero-order valence-corrected chi connectivity index (χ0v) is 12.9. The molecule has 0 spiro atoms. The normalized spacial score (nSPS) is 10.4. The molecule has 2 rings (SSSR count). The van der Waals surface area contributed by atoms with Gasteiger partial charge in [-0.25, -0.2) is 5.43 Å². The lowest BCUT2D eigenvalue weighted by Gasteiger charge is -2.06. The van der Waals surface area contributed by atoms with Crippen LogP contribution in [-0.2, 0) is 4.79 Å². The Hall–Kier alpha value is -3.42. The molecular formula is C16H16N4O4. The SMILES string of the molecule is COc1ccc(NCC(=O)N/N=C/c2cccc([N+](=O)[O-])c2)cc1. The molecule has 0 radical (unpaired) electrons. The van der Waals surface area contributed by atoms with Crippen molar-refractivity contribution in [2.24, 2.45) is 5.10 Å². The van der Waals surface area contributed by atoms with E-state index in [0.717, 1.165) is 11.4 Å². The fraction of sp³-hybridized carbons (Fsp3) is 0.125. The van der Waals surface area contributed by atoms with Crippen LogP contribution in [0.1, 0.15) is 5.56 Å². The van der Waals surface area contributed by atoms with Gasteiger partial charge in [0.25, 0.3) is 11.6 Å². The van der Waals surface area contributed by atoms with Gasteiger partial charge >= 0.3 is 0 Å². The summed E-state index contributed by atoms with van der Waals surface area (Å²) in [4.78, 5) is 21.9. The maximum atomic E-state index is 11.7. The Kier molecular flexibility index (Phi) is 5.84. The van der Waals surface area contributed by atoms with E-state index in [2.05, 4.69) is 15.8 Å². The number of ether oxygens (including phenoxy) is 1. The Balaban J connectivity index is 1.81. The van der Waals surface area contributed by atoms with E-state index in [1.54, 1.807) is 43.5 Å². The fourth-order valence-corrected chi connectivity index (χ4v) is 1.83. The maximum absolute atomic E-state index is 11.7. The van der Waals surface area contributed by atoms with Crippen LogP contribution in [0.5, 0.6) is 5.75 Å². The van der Waals surface area contributed by atoms with Gasteiger partial charge in [0.2, 0.25) is 0 Å². The molecule has 0 saturated carbocycles. The number of nitro benzene ring substituents is 1. The van der Waals surface area contributed by atoms with Gasteiger partial charge in [-0.05, 0) is 24.3 Å². The number of non-ortho nitro benzene ring substituents is 1.